The molecule has 1 amide bonds. The molecule has 146 valence electrons. The number of methoxy groups -OCH3 is 1. The van der Waals surface area contributed by atoms with Gasteiger partial charge in [0.15, 0.2) is 0 Å². The first-order chi connectivity index (χ1) is 12.8. The van der Waals surface area contributed by atoms with Gasteiger partial charge in [-0.3, -0.25) is 4.79 Å². The first-order valence-corrected chi connectivity index (χ1v) is 10.4. The van der Waals surface area contributed by atoms with Gasteiger partial charge in [-0.2, -0.15) is 0 Å². The lowest BCUT2D eigenvalue weighted by atomic mass is 10.1. The molecule has 2 N–H and O–H groups in total. The summed E-state index contributed by atoms with van der Waals surface area (Å²) in [7, 11) is -2.26. The molecule has 2 aromatic rings. The SMILES string of the molecule is COCCNS(=O)(=O)c1ccc(Br)c(C(=O)NCCc2ccc(F)cc2)c1. The Hall–Kier alpha value is -1.81. The zero-order valence-corrected chi connectivity index (χ0v) is 17.1. The largest absolute Gasteiger partial charge is 0.383 e. The van der Waals surface area contributed by atoms with Gasteiger partial charge < -0.3 is 10.1 Å². The number of rotatable bonds is 9. The molecule has 0 bridgehead atoms. The van der Waals surface area contributed by atoms with Crippen LogP contribution in [0.3, 0.4) is 0 Å². The highest BCUT2D eigenvalue weighted by molar-refractivity contribution is 9.10. The number of carbonyl (C=O) groups excluding carboxylic acids is 1. The number of amides is 1. The number of halogens is 2. The van der Waals surface area contributed by atoms with E-state index in [-0.39, 0.29) is 29.4 Å². The van der Waals surface area contributed by atoms with Gasteiger partial charge in [0.25, 0.3) is 5.91 Å². The van der Waals surface area contributed by atoms with Gasteiger partial charge in [0.05, 0.1) is 17.1 Å². The predicted octanol–water partition coefficient (Wildman–Crippen LogP) is 2.49. The maximum atomic E-state index is 12.9. The van der Waals surface area contributed by atoms with E-state index < -0.39 is 15.9 Å². The molecule has 0 spiro atoms. The minimum absolute atomic E-state index is 0.00881. The maximum absolute atomic E-state index is 12.9. The van der Waals surface area contributed by atoms with Crippen LogP contribution in [-0.2, 0) is 21.2 Å². The van der Waals surface area contributed by atoms with Gasteiger partial charge in [-0.05, 0) is 58.2 Å². The third kappa shape index (κ3) is 6.39. The molecule has 9 heteroatoms. The molecule has 0 radical (unpaired) electrons. The second kappa shape index (κ2) is 9.93. The van der Waals surface area contributed by atoms with Crippen molar-refractivity contribution in [2.24, 2.45) is 0 Å². The molecule has 0 aromatic heterocycles. The second-order valence-electron chi connectivity index (χ2n) is 5.66. The molecule has 27 heavy (non-hydrogen) atoms. The van der Waals surface area contributed by atoms with Crippen LogP contribution < -0.4 is 10.0 Å². The number of benzene rings is 2. The fraction of sp³-hybridized carbons (Fsp3) is 0.278. The Morgan fingerprint density at radius 3 is 2.52 bits per heavy atom. The van der Waals surface area contributed by atoms with E-state index in [9.17, 15) is 17.6 Å². The lowest BCUT2D eigenvalue weighted by Crippen LogP contribution is -2.29. The van der Waals surface area contributed by atoms with E-state index in [1.165, 1.54) is 37.4 Å². The van der Waals surface area contributed by atoms with Crippen molar-refractivity contribution in [1.82, 2.24) is 10.0 Å². The number of nitrogens with one attached hydrogen (secondary N) is 2. The minimum atomic E-state index is -3.74. The van der Waals surface area contributed by atoms with Crippen LogP contribution >= 0.6 is 15.9 Å². The Balaban J connectivity index is 2.03. The summed E-state index contributed by atoms with van der Waals surface area (Å²) in [5, 5.41) is 2.74. The van der Waals surface area contributed by atoms with E-state index in [1.54, 1.807) is 12.1 Å². The topological polar surface area (TPSA) is 84.5 Å². The van der Waals surface area contributed by atoms with Gasteiger partial charge >= 0.3 is 0 Å². The lowest BCUT2D eigenvalue weighted by molar-refractivity contribution is 0.0953. The highest BCUT2D eigenvalue weighted by Crippen LogP contribution is 2.21. The smallest absolute Gasteiger partial charge is 0.252 e. The Morgan fingerprint density at radius 2 is 1.85 bits per heavy atom. The summed E-state index contributed by atoms with van der Waals surface area (Å²) in [5.41, 5.74) is 1.10. The van der Waals surface area contributed by atoms with E-state index in [0.29, 0.717) is 17.4 Å². The van der Waals surface area contributed by atoms with Crippen molar-refractivity contribution >= 4 is 31.9 Å². The Bertz CT molecular complexity index is 889. The monoisotopic (exact) mass is 458 g/mol. The Morgan fingerprint density at radius 1 is 1.15 bits per heavy atom. The highest BCUT2D eigenvalue weighted by atomic mass is 79.9. The summed E-state index contributed by atoms with van der Waals surface area (Å²) < 4.78 is 45.2. The number of sulfonamides is 1. The standard InChI is InChI=1S/C18H20BrFN2O4S/c1-26-11-10-22-27(24,25)15-6-7-17(19)16(12-15)18(23)21-9-8-13-2-4-14(20)5-3-13/h2-7,12,22H,8-11H2,1H3,(H,21,23). The second-order valence-corrected chi connectivity index (χ2v) is 8.29. The van der Waals surface area contributed by atoms with Crippen LogP contribution in [0.5, 0.6) is 0 Å². The normalized spacial score (nSPS) is 11.4. The first-order valence-electron chi connectivity index (χ1n) is 8.14. The van der Waals surface area contributed by atoms with Crippen molar-refractivity contribution in [3.05, 3.63) is 63.9 Å². The molecular formula is C18H20BrFN2O4S. The van der Waals surface area contributed by atoms with Crippen LogP contribution in [0, 0.1) is 5.82 Å². The molecule has 0 atom stereocenters. The molecule has 2 aromatic carbocycles. The molecule has 0 aliphatic carbocycles. The predicted molar refractivity (Wildman–Crippen MR) is 104 cm³/mol. The number of hydrogen-bond acceptors (Lipinski definition) is 4. The van der Waals surface area contributed by atoms with Crippen LogP contribution in [0.1, 0.15) is 15.9 Å². The molecule has 0 fully saturated rings. The summed E-state index contributed by atoms with van der Waals surface area (Å²) in [6, 6.07) is 10.3. The number of hydrogen-bond donors (Lipinski definition) is 2. The van der Waals surface area contributed by atoms with E-state index in [4.69, 9.17) is 4.74 Å². The Kier molecular flexibility index (Phi) is 7.91. The van der Waals surface area contributed by atoms with E-state index in [0.717, 1.165) is 5.56 Å². The van der Waals surface area contributed by atoms with Gasteiger partial charge in [-0.15, -0.1) is 0 Å². The van der Waals surface area contributed by atoms with Gasteiger partial charge in [0.1, 0.15) is 5.82 Å². The van der Waals surface area contributed by atoms with Gasteiger partial charge in [-0.1, -0.05) is 12.1 Å². The van der Waals surface area contributed by atoms with Crippen molar-refractivity contribution in [1.29, 1.82) is 0 Å². The molecule has 0 saturated carbocycles. The summed E-state index contributed by atoms with van der Waals surface area (Å²) in [6.07, 6.45) is 0.528. The zero-order valence-electron chi connectivity index (χ0n) is 14.7. The quantitative estimate of drug-likeness (QED) is 0.565. The summed E-state index contributed by atoms with van der Waals surface area (Å²) in [6.45, 7) is 0.709. The van der Waals surface area contributed by atoms with E-state index in [1.807, 2.05) is 0 Å². The van der Waals surface area contributed by atoms with Crippen LogP contribution in [0.15, 0.2) is 51.8 Å². The number of ether oxygens (including phenoxy) is 1. The van der Waals surface area contributed by atoms with Crippen LogP contribution in [0.4, 0.5) is 4.39 Å². The molecular weight excluding hydrogens is 439 g/mol. The van der Waals surface area contributed by atoms with Crippen LogP contribution in [0.2, 0.25) is 0 Å². The molecule has 6 nitrogen and oxygen atoms in total. The van der Waals surface area contributed by atoms with Crippen molar-refractivity contribution in [3.8, 4) is 0 Å². The molecule has 0 aliphatic heterocycles. The third-order valence-corrected chi connectivity index (χ3v) is 5.85. The van der Waals surface area contributed by atoms with Crippen LogP contribution in [0.25, 0.3) is 0 Å². The van der Waals surface area contributed by atoms with Crippen molar-refractivity contribution in [3.63, 3.8) is 0 Å². The fourth-order valence-corrected chi connectivity index (χ4v) is 3.74. The van der Waals surface area contributed by atoms with Gasteiger partial charge in [0.2, 0.25) is 10.0 Å². The fourth-order valence-electron chi connectivity index (χ4n) is 2.27. The van der Waals surface area contributed by atoms with Crippen molar-refractivity contribution in [2.45, 2.75) is 11.3 Å². The van der Waals surface area contributed by atoms with Gasteiger partial charge in [-0.25, -0.2) is 17.5 Å². The molecule has 2 rings (SSSR count). The molecule has 0 heterocycles. The van der Waals surface area contributed by atoms with Gasteiger partial charge in [0, 0.05) is 24.7 Å². The molecule has 0 unspecified atom stereocenters. The van der Waals surface area contributed by atoms with Crippen molar-refractivity contribution in [2.75, 3.05) is 26.8 Å². The third-order valence-electron chi connectivity index (χ3n) is 3.70. The van der Waals surface area contributed by atoms with E-state index >= 15 is 0 Å². The lowest BCUT2D eigenvalue weighted by Gasteiger charge is -2.10. The van der Waals surface area contributed by atoms with E-state index in [2.05, 4.69) is 26.0 Å². The summed E-state index contributed by atoms with van der Waals surface area (Å²) in [4.78, 5) is 12.4. The zero-order chi connectivity index (χ0) is 19.9. The summed E-state index contributed by atoms with van der Waals surface area (Å²) >= 11 is 3.27. The molecule has 0 aliphatic rings. The first kappa shape index (κ1) is 21.5. The number of carbonyl (C=O) groups is 1. The van der Waals surface area contributed by atoms with Crippen molar-refractivity contribution < 1.29 is 22.3 Å². The highest BCUT2D eigenvalue weighted by Gasteiger charge is 2.18. The minimum Gasteiger partial charge on any atom is -0.383 e. The maximum Gasteiger partial charge on any atom is 0.252 e. The van der Waals surface area contributed by atoms with Crippen LogP contribution in [-0.4, -0.2) is 41.1 Å². The molecule has 0 saturated heterocycles. The average molecular weight is 459 g/mol. The average Bonchev–Trinajstić information content (AvgIpc) is 2.63. The Labute approximate surface area is 166 Å². The summed E-state index contributed by atoms with van der Waals surface area (Å²) in [5.74, 6) is -0.721.